The highest BCUT2D eigenvalue weighted by atomic mass is 35.5. The van der Waals surface area contributed by atoms with E-state index in [2.05, 4.69) is 15.5 Å². The number of amides is 1. The minimum atomic E-state index is -1.01. The number of aromatic nitrogens is 2. The SMILES string of the molecule is Cc1c(C(OCC(=O)NCc2ccc(C(=O)O)cc2)c2ccc(Cl)cc2Cl)n[nH]c1-c1ccc(Cl)cc1. The molecule has 0 saturated carbocycles. The molecule has 3 N–H and O–H groups in total. The number of aromatic amines is 1. The number of hydrogen-bond donors (Lipinski definition) is 3. The van der Waals surface area contributed by atoms with Crippen LogP contribution in [-0.2, 0) is 16.1 Å². The van der Waals surface area contributed by atoms with Gasteiger partial charge in [-0.1, -0.05) is 65.1 Å². The molecular formula is C27H22Cl3N3O4. The first-order valence-electron chi connectivity index (χ1n) is 11.2. The first-order valence-corrected chi connectivity index (χ1v) is 12.3. The Balaban J connectivity index is 1.53. The maximum absolute atomic E-state index is 12.6. The molecule has 0 aliphatic carbocycles. The molecule has 4 rings (SSSR count). The van der Waals surface area contributed by atoms with E-state index in [9.17, 15) is 9.59 Å². The molecule has 0 aliphatic rings. The van der Waals surface area contributed by atoms with E-state index in [1.807, 2.05) is 19.1 Å². The molecule has 37 heavy (non-hydrogen) atoms. The molecule has 4 aromatic rings. The van der Waals surface area contributed by atoms with Gasteiger partial charge in [0.1, 0.15) is 12.7 Å². The quantitative estimate of drug-likeness (QED) is 0.218. The lowest BCUT2D eigenvalue weighted by Gasteiger charge is -2.19. The highest BCUT2D eigenvalue weighted by molar-refractivity contribution is 6.35. The van der Waals surface area contributed by atoms with Crippen molar-refractivity contribution in [1.29, 1.82) is 0 Å². The summed E-state index contributed by atoms with van der Waals surface area (Å²) in [6, 6.07) is 18.7. The normalized spacial score (nSPS) is 11.8. The van der Waals surface area contributed by atoms with Gasteiger partial charge in [-0.25, -0.2) is 4.79 Å². The molecule has 1 amide bonds. The van der Waals surface area contributed by atoms with Gasteiger partial charge >= 0.3 is 5.97 Å². The Kier molecular flexibility index (Phi) is 8.51. The highest BCUT2D eigenvalue weighted by Crippen LogP contribution is 2.36. The average molecular weight is 559 g/mol. The number of rotatable bonds is 9. The molecule has 3 aromatic carbocycles. The van der Waals surface area contributed by atoms with Gasteiger partial charge in [-0.15, -0.1) is 0 Å². The Morgan fingerprint density at radius 1 is 1.00 bits per heavy atom. The van der Waals surface area contributed by atoms with Crippen molar-refractivity contribution in [3.63, 3.8) is 0 Å². The maximum atomic E-state index is 12.6. The smallest absolute Gasteiger partial charge is 0.335 e. The Labute approximate surface area is 228 Å². The fourth-order valence-electron chi connectivity index (χ4n) is 3.77. The Hall–Kier alpha value is -3.36. The number of nitrogens with zero attached hydrogens (tertiary/aromatic N) is 1. The zero-order valence-corrected chi connectivity index (χ0v) is 21.9. The second-order valence-electron chi connectivity index (χ2n) is 8.25. The lowest BCUT2D eigenvalue weighted by molar-refractivity contribution is -0.127. The predicted molar refractivity (Wildman–Crippen MR) is 143 cm³/mol. The van der Waals surface area contributed by atoms with Gasteiger partial charge in [-0.3, -0.25) is 9.89 Å². The summed E-state index contributed by atoms with van der Waals surface area (Å²) >= 11 is 18.6. The standard InChI is InChI=1S/C27H22Cl3N3O4/c1-15-24(17-6-8-19(28)9-7-17)32-33-25(15)26(21-11-10-20(29)12-22(21)30)37-14-23(34)31-13-16-2-4-18(5-3-16)27(35)36/h2-12,26H,13-14H2,1H3,(H,31,34)(H,32,33)(H,35,36). The number of carbonyl (C=O) groups excluding carboxylic acids is 1. The van der Waals surface area contributed by atoms with Crippen molar-refractivity contribution < 1.29 is 19.4 Å². The van der Waals surface area contributed by atoms with Crippen LogP contribution in [0.4, 0.5) is 0 Å². The van der Waals surface area contributed by atoms with E-state index in [0.29, 0.717) is 26.3 Å². The molecule has 0 spiro atoms. The number of ether oxygens (including phenoxy) is 1. The Bertz CT molecular complexity index is 1420. The third-order valence-electron chi connectivity index (χ3n) is 5.75. The van der Waals surface area contributed by atoms with Crippen LogP contribution in [0.15, 0.2) is 66.7 Å². The number of carboxylic acids is 1. The van der Waals surface area contributed by atoms with Crippen LogP contribution in [0.5, 0.6) is 0 Å². The van der Waals surface area contributed by atoms with Crippen LogP contribution in [0.3, 0.4) is 0 Å². The van der Waals surface area contributed by atoms with Crippen LogP contribution < -0.4 is 5.32 Å². The fourth-order valence-corrected chi connectivity index (χ4v) is 4.40. The number of hydrogen-bond acceptors (Lipinski definition) is 4. The maximum Gasteiger partial charge on any atom is 0.335 e. The number of carbonyl (C=O) groups is 2. The van der Waals surface area contributed by atoms with Crippen molar-refractivity contribution in [1.82, 2.24) is 15.5 Å². The van der Waals surface area contributed by atoms with E-state index in [1.54, 1.807) is 42.5 Å². The molecule has 10 heteroatoms. The number of benzene rings is 3. The van der Waals surface area contributed by atoms with Crippen molar-refractivity contribution in [3.05, 3.63) is 110 Å². The third kappa shape index (κ3) is 6.50. The third-order valence-corrected chi connectivity index (χ3v) is 6.56. The molecule has 1 unspecified atom stereocenters. The van der Waals surface area contributed by atoms with E-state index in [-0.39, 0.29) is 24.6 Å². The topological polar surface area (TPSA) is 104 Å². The van der Waals surface area contributed by atoms with Gasteiger partial charge < -0.3 is 15.2 Å². The molecule has 1 atom stereocenters. The molecule has 190 valence electrons. The predicted octanol–water partition coefficient (Wildman–Crippen LogP) is 6.47. The minimum Gasteiger partial charge on any atom is -0.478 e. The van der Waals surface area contributed by atoms with E-state index >= 15 is 0 Å². The monoisotopic (exact) mass is 557 g/mol. The summed E-state index contributed by atoms with van der Waals surface area (Å²) in [4.78, 5) is 23.6. The van der Waals surface area contributed by atoms with Crippen molar-refractivity contribution in [2.75, 3.05) is 6.61 Å². The van der Waals surface area contributed by atoms with Gasteiger partial charge in [-0.2, -0.15) is 5.10 Å². The molecule has 0 saturated heterocycles. The zero-order valence-electron chi connectivity index (χ0n) is 19.6. The summed E-state index contributed by atoms with van der Waals surface area (Å²) in [7, 11) is 0. The summed E-state index contributed by atoms with van der Waals surface area (Å²) in [5.74, 6) is -1.37. The van der Waals surface area contributed by atoms with Crippen LogP contribution in [0.2, 0.25) is 15.1 Å². The summed E-state index contributed by atoms with van der Waals surface area (Å²) in [6.07, 6.45) is -0.748. The van der Waals surface area contributed by atoms with Gasteiger partial charge in [0.25, 0.3) is 0 Å². The lowest BCUT2D eigenvalue weighted by Crippen LogP contribution is -2.28. The minimum absolute atomic E-state index is 0.174. The van der Waals surface area contributed by atoms with Crippen molar-refractivity contribution >= 4 is 46.7 Å². The molecule has 0 aliphatic heterocycles. The fraction of sp³-hybridized carbons (Fsp3) is 0.148. The molecule has 1 heterocycles. The number of H-pyrrole nitrogens is 1. The van der Waals surface area contributed by atoms with Crippen LogP contribution in [0.25, 0.3) is 11.3 Å². The second kappa shape index (κ2) is 11.8. The molecule has 1 aromatic heterocycles. The van der Waals surface area contributed by atoms with Gasteiger partial charge in [0.05, 0.1) is 17.0 Å². The number of carboxylic acid groups (broad SMARTS) is 1. The van der Waals surface area contributed by atoms with Gasteiger partial charge in [0, 0.05) is 32.7 Å². The van der Waals surface area contributed by atoms with Crippen LogP contribution in [0.1, 0.15) is 38.8 Å². The molecule has 0 bridgehead atoms. The number of halogens is 3. The summed E-state index contributed by atoms with van der Waals surface area (Å²) in [6.45, 7) is 1.86. The van der Waals surface area contributed by atoms with Crippen LogP contribution in [-0.4, -0.2) is 33.8 Å². The van der Waals surface area contributed by atoms with E-state index in [0.717, 1.165) is 22.4 Å². The van der Waals surface area contributed by atoms with Gasteiger partial charge in [-0.05, 0) is 54.4 Å². The van der Waals surface area contributed by atoms with Gasteiger partial charge in [0.15, 0.2) is 0 Å². The van der Waals surface area contributed by atoms with E-state index in [4.69, 9.17) is 44.6 Å². The zero-order chi connectivity index (χ0) is 26.5. The molecular weight excluding hydrogens is 537 g/mol. The lowest BCUT2D eigenvalue weighted by atomic mass is 10.0. The highest BCUT2D eigenvalue weighted by Gasteiger charge is 2.25. The van der Waals surface area contributed by atoms with E-state index in [1.165, 1.54) is 12.1 Å². The van der Waals surface area contributed by atoms with Crippen molar-refractivity contribution in [3.8, 4) is 11.3 Å². The summed E-state index contributed by atoms with van der Waals surface area (Å²) in [5.41, 5.74) is 4.64. The molecule has 7 nitrogen and oxygen atoms in total. The average Bonchev–Trinajstić information content (AvgIpc) is 3.25. The first kappa shape index (κ1) is 26.7. The van der Waals surface area contributed by atoms with Crippen LogP contribution >= 0.6 is 34.8 Å². The molecule has 0 fully saturated rings. The van der Waals surface area contributed by atoms with Gasteiger partial charge in [0.2, 0.25) is 5.91 Å². The molecule has 0 radical (unpaired) electrons. The van der Waals surface area contributed by atoms with E-state index < -0.39 is 12.1 Å². The van der Waals surface area contributed by atoms with Crippen molar-refractivity contribution in [2.24, 2.45) is 0 Å². The number of nitrogens with one attached hydrogen (secondary N) is 2. The Morgan fingerprint density at radius 2 is 1.68 bits per heavy atom. The second-order valence-corrected chi connectivity index (χ2v) is 9.53. The van der Waals surface area contributed by atoms with Crippen molar-refractivity contribution in [2.45, 2.75) is 19.6 Å². The summed E-state index contributed by atoms with van der Waals surface area (Å²) < 4.78 is 6.06. The summed E-state index contributed by atoms with van der Waals surface area (Å²) in [5, 5.41) is 20.8. The van der Waals surface area contributed by atoms with Crippen LogP contribution in [0, 0.1) is 6.92 Å². The largest absolute Gasteiger partial charge is 0.478 e. The number of aromatic carboxylic acids is 1. The Morgan fingerprint density at radius 3 is 2.32 bits per heavy atom. The first-order chi connectivity index (χ1) is 17.7.